The van der Waals surface area contributed by atoms with Gasteiger partial charge in [-0.2, -0.15) is 0 Å². The van der Waals surface area contributed by atoms with Gasteiger partial charge in [0.05, 0.1) is 24.4 Å². The second-order valence-corrected chi connectivity index (χ2v) is 5.51. The van der Waals surface area contributed by atoms with Crippen LogP contribution < -0.4 is 14.8 Å². The Morgan fingerprint density at radius 2 is 2.23 bits per heavy atom. The zero-order valence-electron chi connectivity index (χ0n) is 12.5. The maximum absolute atomic E-state index is 11.6. The molecule has 0 saturated carbocycles. The monoisotopic (exact) mass is 318 g/mol. The van der Waals surface area contributed by atoms with E-state index in [0.29, 0.717) is 18.9 Å². The van der Waals surface area contributed by atoms with Crippen LogP contribution in [-0.4, -0.2) is 31.2 Å². The van der Waals surface area contributed by atoms with Crippen molar-refractivity contribution in [3.63, 3.8) is 0 Å². The minimum absolute atomic E-state index is 0.167. The maximum atomic E-state index is 11.6. The van der Waals surface area contributed by atoms with Gasteiger partial charge in [0.25, 0.3) is 0 Å². The Morgan fingerprint density at radius 1 is 1.41 bits per heavy atom. The molecule has 0 fully saturated rings. The summed E-state index contributed by atoms with van der Waals surface area (Å²) in [5.74, 6) is 1.28. The molecule has 116 valence electrons. The van der Waals surface area contributed by atoms with Crippen LogP contribution in [0.2, 0.25) is 0 Å². The molecule has 6 heteroatoms. The Bertz CT molecular complexity index is 652. The molecule has 2 aromatic rings. The highest BCUT2D eigenvalue weighted by Gasteiger charge is 1.99. The molecule has 1 aromatic heterocycles. The first-order chi connectivity index (χ1) is 10.7. The molecule has 0 aliphatic carbocycles. The standard InChI is InChI=1S/C16H18N2O3S/c1-12-18-13(11-22-12)6-7-16(19)17-8-9-21-15-5-3-4-14(10-15)20-2/h3-7,10-11H,8-9H2,1-2H3,(H,17,19)/b7-6+. The molecule has 1 amide bonds. The van der Waals surface area contributed by atoms with Crippen molar-refractivity contribution in [2.45, 2.75) is 6.92 Å². The largest absolute Gasteiger partial charge is 0.497 e. The first-order valence-electron chi connectivity index (χ1n) is 6.82. The molecule has 5 nitrogen and oxygen atoms in total. The summed E-state index contributed by atoms with van der Waals surface area (Å²) in [5.41, 5.74) is 0.797. The Labute approximate surface area is 133 Å². The van der Waals surface area contributed by atoms with Crippen molar-refractivity contribution in [2.75, 3.05) is 20.3 Å². The maximum Gasteiger partial charge on any atom is 0.244 e. The van der Waals surface area contributed by atoms with Crippen LogP contribution >= 0.6 is 11.3 Å². The van der Waals surface area contributed by atoms with Crippen LogP contribution in [0.4, 0.5) is 0 Å². The van der Waals surface area contributed by atoms with Gasteiger partial charge in [-0.3, -0.25) is 4.79 Å². The van der Waals surface area contributed by atoms with Crippen LogP contribution in [0.15, 0.2) is 35.7 Å². The summed E-state index contributed by atoms with van der Waals surface area (Å²) in [6, 6.07) is 7.34. The van der Waals surface area contributed by atoms with Crippen molar-refractivity contribution in [3.05, 3.63) is 46.4 Å². The fraction of sp³-hybridized carbons (Fsp3) is 0.250. The van der Waals surface area contributed by atoms with E-state index in [0.717, 1.165) is 16.5 Å². The van der Waals surface area contributed by atoms with Crippen LogP contribution in [0.25, 0.3) is 6.08 Å². The number of amides is 1. The van der Waals surface area contributed by atoms with Gasteiger partial charge < -0.3 is 14.8 Å². The third-order valence-electron chi connectivity index (χ3n) is 2.75. The van der Waals surface area contributed by atoms with Gasteiger partial charge in [-0.05, 0) is 25.1 Å². The number of aromatic nitrogens is 1. The highest BCUT2D eigenvalue weighted by Crippen LogP contribution is 2.18. The third kappa shape index (κ3) is 5.21. The summed E-state index contributed by atoms with van der Waals surface area (Å²) >= 11 is 1.55. The molecule has 0 aliphatic heterocycles. The fourth-order valence-corrected chi connectivity index (χ4v) is 2.29. The van der Waals surface area contributed by atoms with Gasteiger partial charge >= 0.3 is 0 Å². The number of nitrogens with zero attached hydrogens (tertiary/aromatic N) is 1. The highest BCUT2D eigenvalue weighted by atomic mass is 32.1. The van der Waals surface area contributed by atoms with Crippen molar-refractivity contribution in [2.24, 2.45) is 0 Å². The Kier molecular flexibility index (Phi) is 5.97. The zero-order valence-corrected chi connectivity index (χ0v) is 13.4. The number of nitrogens with one attached hydrogen (secondary N) is 1. The normalized spacial score (nSPS) is 10.6. The lowest BCUT2D eigenvalue weighted by atomic mass is 10.3. The van der Waals surface area contributed by atoms with Crippen molar-refractivity contribution in [1.29, 1.82) is 0 Å². The smallest absolute Gasteiger partial charge is 0.244 e. The number of hydrogen-bond donors (Lipinski definition) is 1. The summed E-state index contributed by atoms with van der Waals surface area (Å²) in [5, 5.41) is 5.64. The van der Waals surface area contributed by atoms with Gasteiger partial charge in [-0.1, -0.05) is 6.07 Å². The number of rotatable bonds is 7. The lowest BCUT2D eigenvalue weighted by Crippen LogP contribution is -2.26. The fourth-order valence-electron chi connectivity index (χ4n) is 1.71. The molecular weight excluding hydrogens is 300 g/mol. The summed E-state index contributed by atoms with van der Waals surface area (Å²) in [6.45, 7) is 2.75. The quantitative estimate of drug-likeness (QED) is 0.630. The summed E-state index contributed by atoms with van der Waals surface area (Å²) in [7, 11) is 1.61. The summed E-state index contributed by atoms with van der Waals surface area (Å²) in [4.78, 5) is 15.9. The van der Waals surface area contributed by atoms with E-state index in [-0.39, 0.29) is 5.91 Å². The van der Waals surface area contributed by atoms with Gasteiger partial charge in [0.2, 0.25) is 5.91 Å². The molecule has 0 saturated heterocycles. The number of carbonyl (C=O) groups is 1. The van der Waals surface area contributed by atoms with Crippen LogP contribution in [0.1, 0.15) is 10.7 Å². The van der Waals surface area contributed by atoms with E-state index in [9.17, 15) is 4.79 Å². The van der Waals surface area contributed by atoms with Crippen LogP contribution in [0.3, 0.4) is 0 Å². The SMILES string of the molecule is COc1cccc(OCCNC(=O)/C=C/c2csc(C)n2)c1. The molecule has 0 aliphatic rings. The van der Waals surface area contributed by atoms with Crippen LogP contribution in [0, 0.1) is 6.92 Å². The lowest BCUT2D eigenvalue weighted by Gasteiger charge is -2.07. The van der Waals surface area contributed by atoms with Crippen molar-refractivity contribution < 1.29 is 14.3 Å². The molecule has 0 unspecified atom stereocenters. The first-order valence-corrected chi connectivity index (χ1v) is 7.70. The van der Waals surface area contributed by atoms with E-state index in [1.165, 1.54) is 6.08 Å². The predicted molar refractivity (Wildman–Crippen MR) is 87.4 cm³/mol. The van der Waals surface area contributed by atoms with E-state index >= 15 is 0 Å². The molecule has 0 atom stereocenters. The van der Waals surface area contributed by atoms with Gasteiger partial charge in [0.15, 0.2) is 0 Å². The minimum Gasteiger partial charge on any atom is -0.497 e. The number of thiazole rings is 1. The Hall–Kier alpha value is -2.34. The highest BCUT2D eigenvalue weighted by molar-refractivity contribution is 7.09. The molecule has 0 spiro atoms. The molecule has 0 radical (unpaired) electrons. The van der Waals surface area contributed by atoms with E-state index in [4.69, 9.17) is 9.47 Å². The van der Waals surface area contributed by atoms with Crippen molar-refractivity contribution >= 4 is 23.3 Å². The van der Waals surface area contributed by atoms with Gasteiger partial charge in [0, 0.05) is 17.5 Å². The molecule has 1 heterocycles. The first kappa shape index (κ1) is 16.0. The van der Waals surface area contributed by atoms with Crippen molar-refractivity contribution in [1.82, 2.24) is 10.3 Å². The average Bonchev–Trinajstić information content (AvgIpc) is 2.95. The number of aryl methyl sites for hydroxylation is 1. The third-order valence-corrected chi connectivity index (χ3v) is 3.55. The number of hydrogen-bond acceptors (Lipinski definition) is 5. The Morgan fingerprint density at radius 3 is 2.95 bits per heavy atom. The lowest BCUT2D eigenvalue weighted by molar-refractivity contribution is -0.116. The second kappa shape index (κ2) is 8.19. The van der Waals surface area contributed by atoms with E-state index < -0.39 is 0 Å². The summed E-state index contributed by atoms with van der Waals surface area (Å²) < 4.78 is 10.6. The molecule has 22 heavy (non-hydrogen) atoms. The zero-order chi connectivity index (χ0) is 15.8. The summed E-state index contributed by atoms with van der Waals surface area (Å²) in [6.07, 6.45) is 3.17. The predicted octanol–water partition coefficient (Wildman–Crippen LogP) is 2.67. The van der Waals surface area contributed by atoms with E-state index in [1.54, 1.807) is 30.6 Å². The van der Waals surface area contributed by atoms with Gasteiger partial charge in [-0.25, -0.2) is 4.98 Å². The second-order valence-electron chi connectivity index (χ2n) is 4.44. The number of benzene rings is 1. The molecule has 0 bridgehead atoms. The topological polar surface area (TPSA) is 60.5 Å². The minimum atomic E-state index is -0.167. The molecule has 2 rings (SSSR count). The number of carbonyl (C=O) groups excluding carboxylic acids is 1. The number of ether oxygens (including phenoxy) is 2. The van der Waals surface area contributed by atoms with Gasteiger partial charge in [0.1, 0.15) is 18.1 Å². The number of methoxy groups -OCH3 is 1. The molecule has 1 N–H and O–H groups in total. The van der Waals surface area contributed by atoms with Crippen LogP contribution in [0.5, 0.6) is 11.5 Å². The molecule has 1 aromatic carbocycles. The van der Waals surface area contributed by atoms with Crippen LogP contribution in [-0.2, 0) is 4.79 Å². The van der Waals surface area contributed by atoms with E-state index in [2.05, 4.69) is 10.3 Å². The van der Waals surface area contributed by atoms with Gasteiger partial charge in [-0.15, -0.1) is 11.3 Å². The molecular formula is C16H18N2O3S. The average molecular weight is 318 g/mol. The van der Waals surface area contributed by atoms with Crippen molar-refractivity contribution in [3.8, 4) is 11.5 Å². The Balaban J connectivity index is 1.69. The van der Waals surface area contributed by atoms with E-state index in [1.807, 2.05) is 30.5 Å².